The van der Waals surface area contributed by atoms with Gasteiger partial charge in [-0.15, -0.1) is 23.1 Å². The van der Waals surface area contributed by atoms with Gasteiger partial charge in [0.2, 0.25) is 0 Å². The fraction of sp³-hybridized carbons (Fsp3) is 0.125. The zero-order valence-electron chi connectivity index (χ0n) is 12.1. The normalized spacial score (nSPS) is 10.6. The highest BCUT2D eigenvalue weighted by molar-refractivity contribution is 7.98. The number of hydrogen-bond donors (Lipinski definition) is 1. The standard InChI is InChI=1S/C16H14N2O2S2/c1-10-3-8-14(20-10)15(19)18-16-17-13(9-22-16)11-4-6-12(21-2)7-5-11/h3-9H,1-2H3,(H,17,18,19). The number of nitrogens with zero attached hydrogens (tertiary/aromatic N) is 1. The van der Waals surface area contributed by atoms with E-state index in [1.54, 1.807) is 30.8 Å². The molecule has 0 aliphatic heterocycles. The van der Waals surface area contributed by atoms with Crippen LogP contribution in [0.2, 0.25) is 0 Å². The lowest BCUT2D eigenvalue weighted by Crippen LogP contribution is -2.10. The van der Waals surface area contributed by atoms with Crippen LogP contribution in [-0.2, 0) is 0 Å². The SMILES string of the molecule is CSc1ccc(-c2csc(NC(=O)c3ccc(C)o3)n2)cc1. The van der Waals surface area contributed by atoms with Crippen LogP contribution in [0.3, 0.4) is 0 Å². The smallest absolute Gasteiger partial charge is 0.293 e. The van der Waals surface area contributed by atoms with Crippen LogP contribution in [0, 0.1) is 6.92 Å². The molecule has 1 N–H and O–H groups in total. The first-order valence-corrected chi connectivity index (χ1v) is 8.74. The minimum Gasteiger partial charge on any atom is -0.456 e. The first-order valence-electron chi connectivity index (χ1n) is 6.63. The van der Waals surface area contributed by atoms with E-state index < -0.39 is 0 Å². The highest BCUT2D eigenvalue weighted by Crippen LogP contribution is 2.27. The maximum atomic E-state index is 12.0. The van der Waals surface area contributed by atoms with Crippen LogP contribution >= 0.6 is 23.1 Å². The lowest BCUT2D eigenvalue weighted by molar-refractivity contribution is 0.0995. The molecule has 112 valence electrons. The summed E-state index contributed by atoms with van der Waals surface area (Å²) in [6.07, 6.45) is 2.04. The number of thiazole rings is 1. The minimum absolute atomic E-state index is 0.285. The molecule has 0 bridgehead atoms. The molecule has 0 aliphatic rings. The molecule has 3 aromatic rings. The number of aryl methyl sites for hydroxylation is 1. The monoisotopic (exact) mass is 330 g/mol. The van der Waals surface area contributed by atoms with Gasteiger partial charge in [0.1, 0.15) is 5.76 Å². The third kappa shape index (κ3) is 3.23. The van der Waals surface area contributed by atoms with Crippen molar-refractivity contribution in [2.45, 2.75) is 11.8 Å². The van der Waals surface area contributed by atoms with Crippen molar-refractivity contribution in [3.05, 3.63) is 53.3 Å². The maximum Gasteiger partial charge on any atom is 0.293 e. The lowest BCUT2D eigenvalue weighted by Gasteiger charge is -1.99. The van der Waals surface area contributed by atoms with Gasteiger partial charge in [-0.1, -0.05) is 12.1 Å². The Balaban J connectivity index is 1.74. The van der Waals surface area contributed by atoms with Gasteiger partial charge < -0.3 is 4.42 Å². The molecule has 0 saturated carbocycles. The first kappa shape index (κ1) is 14.9. The fourth-order valence-electron chi connectivity index (χ4n) is 1.94. The van der Waals surface area contributed by atoms with E-state index in [9.17, 15) is 4.79 Å². The molecule has 0 radical (unpaired) electrons. The molecule has 2 heterocycles. The van der Waals surface area contributed by atoms with Gasteiger partial charge in [0.05, 0.1) is 5.69 Å². The van der Waals surface area contributed by atoms with Crippen molar-refractivity contribution in [2.75, 3.05) is 11.6 Å². The van der Waals surface area contributed by atoms with Gasteiger partial charge in [0.25, 0.3) is 5.91 Å². The van der Waals surface area contributed by atoms with Crippen molar-refractivity contribution in [1.29, 1.82) is 0 Å². The molecule has 0 aliphatic carbocycles. The van der Waals surface area contributed by atoms with Crippen LogP contribution in [0.4, 0.5) is 5.13 Å². The van der Waals surface area contributed by atoms with Crippen molar-refractivity contribution in [1.82, 2.24) is 4.98 Å². The summed E-state index contributed by atoms with van der Waals surface area (Å²) >= 11 is 3.09. The Kier molecular flexibility index (Phi) is 4.31. The zero-order valence-corrected chi connectivity index (χ0v) is 13.8. The molecule has 3 rings (SSSR count). The van der Waals surface area contributed by atoms with E-state index in [0.29, 0.717) is 16.7 Å². The third-order valence-electron chi connectivity index (χ3n) is 3.07. The summed E-state index contributed by atoms with van der Waals surface area (Å²) < 4.78 is 5.30. The highest BCUT2D eigenvalue weighted by atomic mass is 32.2. The summed E-state index contributed by atoms with van der Waals surface area (Å²) in [5.74, 6) is 0.712. The number of furan rings is 1. The average Bonchev–Trinajstić information content (AvgIpc) is 3.16. The molecule has 22 heavy (non-hydrogen) atoms. The summed E-state index contributed by atoms with van der Waals surface area (Å²) in [4.78, 5) is 17.7. The average molecular weight is 330 g/mol. The molecule has 1 aromatic carbocycles. The van der Waals surface area contributed by atoms with Gasteiger partial charge in [-0.3, -0.25) is 10.1 Å². The Hall–Kier alpha value is -2.05. The largest absolute Gasteiger partial charge is 0.456 e. The number of thioether (sulfide) groups is 1. The van der Waals surface area contributed by atoms with Gasteiger partial charge in [-0.25, -0.2) is 4.98 Å². The molecule has 6 heteroatoms. The van der Waals surface area contributed by atoms with E-state index in [2.05, 4.69) is 22.4 Å². The number of nitrogens with one attached hydrogen (secondary N) is 1. The minimum atomic E-state index is -0.285. The molecule has 2 aromatic heterocycles. The molecular weight excluding hydrogens is 316 g/mol. The van der Waals surface area contributed by atoms with Gasteiger partial charge in [0.15, 0.2) is 10.9 Å². The number of carbonyl (C=O) groups excluding carboxylic acids is 1. The topological polar surface area (TPSA) is 55.1 Å². The molecule has 0 spiro atoms. The van der Waals surface area contributed by atoms with E-state index >= 15 is 0 Å². The molecule has 1 amide bonds. The summed E-state index contributed by atoms with van der Waals surface area (Å²) in [6.45, 7) is 1.80. The number of aromatic nitrogens is 1. The third-order valence-corrected chi connectivity index (χ3v) is 4.58. The fourth-order valence-corrected chi connectivity index (χ4v) is 3.06. The Morgan fingerprint density at radius 3 is 2.64 bits per heavy atom. The summed E-state index contributed by atoms with van der Waals surface area (Å²) in [6, 6.07) is 11.6. The zero-order chi connectivity index (χ0) is 15.5. The van der Waals surface area contributed by atoms with Crippen LogP contribution in [-0.4, -0.2) is 17.1 Å². The van der Waals surface area contributed by atoms with E-state index in [0.717, 1.165) is 11.3 Å². The predicted molar refractivity (Wildman–Crippen MR) is 90.7 cm³/mol. The molecule has 4 nitrogen and oxygen atoms in total. The van der Waals surface area contributed by atoms with Gasteiger partial charge >= 0.3 is 0 Å². The maximum absolute atomic E-state index is 12.0. The van der Waals surface area contributed by atoms with Gasteiger partial charge in [-0.2, -0.15) is 0 Å². The second kappa shape index (κ2) is 6.37. The lowest BCUT2D eigenvalue weighted by atomic mass is 10.2. The summed E-state index contributed by atoms with van der Waals surface area (Å²) in [5.41, 5.74) is 1.88. The number of carbonyl (C=O) groups is 1. The highest BCUT2D eigenvalue weighted by Gasteiger charge is 2.12. The van der Waals surface area contributed by atoms with E-state index in [-0.39, 0.29) is 5.91 Å². The molecule has 0 atom stereocenters. The predicted octanol–water partition coefficient (Wildman–Crippen LogP) is 4.69. The van der Waals surface area contributed by atoms with Crippen LogP contribution in [0.5, 0.6) is 0 Å². The Labute approximate surface area is 136 Å². The Morgan fingerprint density at radius 2 is 2.00 bits per heavy atom. The first-order chi connectivity index (χ1) is 10.7. The van der Waals surface area contributed by atoms with Crippen LogP contribution in [0.25, 0.3) is 11.3 Å². The van der Waals surface area contributed by atoms with Gasteiger partial charge in [-0.05, 0) is 37.4 Å². The molecular formula is C16H14N2O2S2. The van der Waals surface area contributed by atoms with Crippen LogP contribution in [0.1, 0.15) is 16.3 Å². The van der Waals surface area contributed by atoms with Crippen molar-refractivity contribution >= 4 is 34.1 Å². The molecule has 0 unspecified atom stereocenters. The second-order valence-corrected chi connectivity index (χ2v) is 6.37. The van der Waals surface area contributed by atoms with Crippen molar-refractivity contribution in [3.8, 4) is 11.3 Å². The quantitative estimate of drug-likeness (QED) is 0.705. The van der Waals surface area contributed by atoms with Gasteiger partial charge in [0, 0.05) is 15.8 Å². The van der Waals surface area contributed by atoms with Crippen LogP contribution < -0.4 is 5.32 Å². The van der Waals surface area contributed by atoms with Crippen molar-refractivity contribution < 1.29 is 9.21 Å². The van der Waals surface area contributed by atoms with Crippen molar-refractivity contribution in [3.63, 3.8) is 0 Å². The Morgan fingerprint density at radius 1 is 1.23 bits per heavy atom. The number of amides is 1. The molecule has 0 saturated heterocycles. The van der Waals surface area contributed by atoms with E-state index in [1.165, 1.54) is 16.2 Å². The van der Waals surface area contributed by atoms with E-state index in [1.807, 2.05) is 23.8 Å². The summed E-state index contributed by atoms with van der Waals surface area (Å²) in [7, 11) is 0. The van der Waals surface area contributed by atoms with Crippen LogP contribution in [0.15, 0.2) is 51.1 Å². The number of hydrogen-bond acceptors (Lipinski definition) is 5. The number of anilines is 1. The number of rotatable bonds is 4. The second-order valence-electron chi connectivity index (χ2n) is 4.63. The Bertz CT molecular complexity index is 791. The number of benzene rings is 1. The van der Waals surface area contributed by atoms with E-state index in [4.69, 9.17) is 4.42 Å². The molecule has 0 fully saturated rings. The summed E-state index contributed by atoms with van der Waals surface area (Å²) in [5, 5.41) is 5.24. The van der Waals surface area contributed by atoms with Crippen molar-refractivity contribution in [2.24, 2.45) is 0 Å².